The number of aliphatic hydroxyl groups is 6. The van der Waals surface area contributed by atoms with Gasteiger partial charge >= 0.3 is 17.9 Å². The average Bonchev–Trinajstić information content (AvgIpc) is 3.49. The number of alkyl halides is 2. The minimum atomic E-state index is -2.38. The van der Waals surface area contributed by atoms with Crippen molar-refractivity contribution < 1.29 is 72.8 Å². The SMILES string of the molecule is CC[C@H]1OC(=O)C(C)[C@@H](O)[C@H](C)[C@@H](O)[C@](C)(O)C[C@@H](C)CN(CCCN(CC)CCC(=O)O[C@]2(C(=O)OC)[C@H](C)CC3C4C[C@H](F)C5=CC(=O)C=C[C@]5(C)[C@@]4(F)C(O)CC32C)C(C)C(O)[C@]1(C)O. The van der Waals surface area contributed by atoms with Crippen molar-refractivity contribution in [2.24, 2.45) is 46.3 Å². The number of allylic oxidation sites excluding steroid dienone is 4. The summed E-state index contributed by atoms with van der Waals surface area (Å²) in [6.45, 7) is 20.0. The molecule has 0 aromatic heterocycles. The van der Waals surface area contributed by atoms with Crippen LogP contribution < -0.4 is 0 Å². The van der Waals surface area contributed by atoms with E-state index in [0.29, 0.717) is 32.6 Å². The topological polar surface area (TPSA) is 224 Å². The van der Waals surface area contributed by atoms with Crippen LogP contribution in [0.5, 0.6) is 0 Å². The first-order valence-electron chi connectivity index (χ1n) is 24.9. The number of aliphatic hydroxyl groups excluding tert-OH is 4. The molecule has 4 aliphatic carbocycles. The number of carbonyl (C=O) groups is 4. The lowest BCUT2D eigenvalue weighted by Crippen LogP contribution is -2.71. The van der Waals surface area contributed by atoms with Crippen molar-refractivity contribution in [2.45, 2.75) is 186 Å². The van der Waals surface area contributed by atoms with Gasteiger partial charge in [0, 0.05) is 47.7 Å². The Morgan fingerprint density at radius 3 is 2.19 bits per heavy atom. The zero-order chi connectivity index (χ0) is 51.3. The van der Waals surface area contributed by atoms with Crippen molar-refractivity contribution in [3.05, 3.63) is 23.8 Å². The van der Waals surface area contributed by atoms with Crippen LogP contribution in [0.15, 0.2) is 23.8 Å². The number of cyclic esters (lactones) is 1. The van der Waals surface area contributed by atoms with Gasteiger partial charge in [-0.1, -0.05) is 47.6 Å². The number of esters is 3. The van der Waals surface area contributed by atoms with Gasteiger partial charge < -0.3 is 49.7 Å². The van der Waals surface area contributed by atoms with Crippen LogP contribution in [0, 0.1) is 46.3 Å². The molecular formula is C51H82F2N2O13. The fourth-order valence-electron chi connectivity index (χ4n) is 13.6. The molecule has 0 radical (unpaired) electrons. The Kier molecular flexibility index (Phi) is 17.0. The molecule has 3 saturated carbocycles. The molecule has 5 aliphatic rings. The minimum absolute atomic E-state index is 0.0153. The van der Waals surface area contributed by atoms with Crippen LogP contribution in [0.2, 0.25) is 0 Å². The summed E-state index contributed by atoms with van der Waals surface area (Å²) in [5, 5.41) is 69.4. The lowest BCUT2D eigenvalue weighted by molar-refractivity contribution is -0.238. The Hall–Kier alpha value is -2.90. The average molecular weight is 969 g/mol. The van der Waals surface area contributed by atoms with E-state index in [-0.39, 0.29) is 56.6 Å². The van der Waals surface area contributed by atoms with Gasteiger partial charge in [-0.3, -0.25) is 19.3 Å². The molecule has 68 heavy (non-hydrogen) atoms. The number of ketones is 1. The van der Waals surface area contributed by atoms with Crippen LogP contribution in [0.3, 0.4) is 0 Å². The summed E-state index contributed by atoms with van der Waals surface area (Å²) in [5.41, 5.74) is -10.9. The summed E-state index contributed by atoms with van der Waals surface area (Å²) in [7, 11) is 1.18. The second kappa shape index (κ2) is 20.7. The molecular weight excluding hydrogens is 887 g/mol. The summed E-state index contributed by atoms with van der Waals surface area (Å²) in [5.74, 6) is -7.60. The number of ether oxygens (including phenoxy) is 3. The Labute approximate surface area is 401 Å². The molecule has 1 saturated heterocycles. The van der Waals surface area contributed by atoms with Gasteiger partial charge in [0.15, 0.2) is 11.5 Å². The monoisotopic (exact) mass is 969 g/mol. The third-order valence-corrected chi connectivity index (χ3v) is 17.7. The largest absolute Gasteiger partial charge is 0.466 e. The second-order valence-corrected chi connectivity index (χ2v) is 22.2. The maximum atomic E-state index is 17.9. The highest BCUT2D eigenvalue weighted by Crippen LogP contribution is 2.71. The quantitative estimate of drug-likeness (QED) is 0.127. The molecule has 5 rings (SSSR count). The Morgan fingerprint density at radius 2 is 1.59 bits per heavy atom. The fraction of sp³-hybridized carbons (Fsp3) is 0.843. The molecule has 0 bridgehead atoms. The van der Waals surface area contributed by atoms with Gasteiger partial charge in [-0.25, -0.2) is 13.6 Å². The van der Waals surface area contributed by atoms with Crippen LogP contribution in [-0.4, -0.2) is 169 Å². The summed E-state index contributed by atoms with van der Waals surface area (Å²) < 4.78 is 51.3. The second-order valence-electron chi connectivity index (χ2n) is 22.2. The van der Waals surface area contributed by atoms with Crippen LogP contribution in [0.4, 0.5) is 8.78 Å². The van der Waals surface area contributed by atoms with Crippen molar-refractivity contribution in [3.63, 3.8) is 0 Å². The fourth-order valence-corrected chi connectivity index (χ4v) is 13.6. The number of fused-ring (bicyclic) bond motifs is 5. The van der Waals surface area contributed by atoms with Crippen LogP contribution in [-0.2, 0) is 33.4 Å². The first-order valence-corrected chi connectivity index (χ1v) is 24.9. The smallest absolute Gasteiger partial charge is 0.351 e. The molecule has 17 heteroatoms. The summed E-state index contributed by atoms with van der Waals surface area (Å²) >= 11 is 0. The number of methoxy groups -OCH3 is 1. The van der Waals surface area contributed by atoms with E-state index in [0.717, 1.165) is 6.08 Å². The van der Waals surface area contributed by atoms with E-state index >= 15 is 8.78 Å². The highest BCUT2D eigenvalue weighted by atomic mass is 19.1. The van der Waals surface area contributed by atoms with E-state index in [1.54, 1.807) is 34.6 Å². The molecule has 6 N–H and O–H groups in total. The van der Waals surface area contributed by atoms with Gasteiger partial charge in [0.1, 0.15) is 24.0 Å². The van der Waals surface area contributed by atoms with Gasteiger partial charge in [-0.15, -0.1) is 0 Å². The van der Waals surface area contributed by atoms with Crippen molar-refractivity contribution in [3.8, 4) is 0 Å². The van der Waals surface area contributed by atoms with Crippen molar-refractivity contribution in [2.75, 3.05) is 39.8 Å². The van der Waals surface area contributed by atoms with E-state index in [1.807, 2.05) is 23.6 Å². The molecule has 1 heterocycles. The number of rotatable bonds is 11. The van der Waals surface area contributed by atoms with Crippen LogP contribution in [0.25, 0.3) is 0 Å². The van der Waals surface area contributed by atoms with Crippen molar-refractivity contribution in [1.29, 1.82) is 0 Å². The lowest BCUT2D eigenvalue weighted by Gasteiger charge is -2.63. The normalized spacial score (nSPS) is 46.1. The third-order valence-electron chi connectivity index (χ3n) is 17.7. The maximum Gasteiger partial charge on any atom is 0.351 e. The number of carbonyl (C=O) groups excluding carboxylic acids is 4. The molecule has 388 valence electrons. The molecule has 15 nitrogen and oxygen atoms in total. The number of hydrogen-bond acceptors (Lipinski definition) is 15. The van der Waals surface area contributed by atoms with Gasteiger partial charge in [0.2, 0.25) is 5.60 Å². The van der Waals surface area contributed by atoms with E-state index in [1.165, 1.54) is 47.0 Å². The number of nitrogens with zero attached hydrogens (tertiary/aromatic N) is 2. The van der Waals surface area contributed by atoms with Gasteiger partial charge in [-0.2, -0.15) is 0 Å². The highest BCUT2D eigenvalue weighted by Gasteiger charge is 2.78. The van der Waals surface area contributed by atoms with E-state index in [9.17, 15) is 49.8 Å². The molecule has 0 aromatic carbocycles. The summed E-state index contributed by atoms with van der Waals surface area (Å²) in [4.78, 5) is 57.7. The predicted molar refractivity (Wildman–Crippen MR) is 248 cm³/mol. The minimum Gasteiger partial charge on any atom is -0.466 e. The first-order chi connectivity index (χ1) is 31.5. The van der Waals surface area contributed by atoms with Gasteiger partial charge in [0.05, 0.1) is 43.4 Å². The van der Waals surface area contributed by atoms with E-state index in [4.69, 9.17) is 14.2 Å². The first kappa shape index (κ1) is 56.0. The molecule has 0 spiro atoms. The van der Waals surface area contributed by atoms with Crippen molar-refractivity contribution in [1.82, 2.24) is 9.80 Å². The summed E-state index contributed by atoms with van der Waals surface area (Å²) in [6.07, 6.45) is -4.85. The molecule has 4 fully saturated rings. The summed E-state index contributed by atoms with van der Waals surface area (Å²) in [6, 6.07) is -0.699. The van der Waals surface area contributed by atoms with Gasteiger partial charge in [0.25, 0.3) is 0 Å². The molecule has 0 aromatic rings. The zero-order valence-corrected chi connectivity index (χ0v) is 42.4. The molecule has 19 atom stereocenters. The maximum absolute atomic E-state index is 17.9. The number of hydrogen-bond donors (Lipinski definition) is 6. The Balaban J connectivity index is 1.32. The molecule has 0 amide bonds. The van der Waals surface area contributed by atoms with Crippen LogP contribution >= 0.6 is 0 Å². The Morgan fingerprint density at radius 1 is 0.941 bits per heavy atom. The predicted octanol–water partition coefficient (Wildman–Crippen LogP) is 4.02. The third kappa shape index (κ3) is 9.61. The number of halogens is 2. The van der Waals surface area contributed by atoms with E-state index in [2.05, 4.69) is 0 Å². The van der Waals surface area contributed by atoms with E-state index < -0.39 is 129 Å². The Bertz CT molecular complexity index is 1920. The molecule has 1 aliphatic heterocycles. The highest BCUT2D eigenvalue weighted by molar-refractivity contribution is 6.01. The van der Waals surface area contributed by atoms with Gasteiger partial charge in [-0.05, 0) is 122 Å². The van der Waals surface area contributed by atoms with Crippen LogP contribution in [0.1, 0.15) is 121 Å². The van der Waals surface area contributed by atoms with Crippen molar-refractivity contribution >= 4 is 23.7 Å². The standard InChI is InChI=1S/C51H82F2N2O13/c1-13-39-49(11,65)43(61)32(7)55(27-28(3)25-48(10,64)42(60)30(5)41(59)31(6)44(62)67-39)20-15-19-54(14-2)21-17-40(58)68-51(45(63)66-12)29(4)22-34-35-24-37(52)36-23-33(56)16-18-46(36,8)50(35,53)38(57)26-47(34,51)9/h16,18,23,28-32,34-35,37-39,41-43,57,59-61,64-65H,13-15,17,19-22,24-27H2,1-12H3/t28-,29-,30+,31?,32?,34?,35?,37+,38?,39-,41+,42-,43?,46+,47?,48-,49-,50+,51+/m1/s1. The zero-order valence-electron chi connectivity index (χ0n) is 42.4. The molecule has 7 unspecified atom stereocenters. The lowest BCUT2D eigenvalue weighted by atomic mass is 9.44.